The average molecular weight is 261 g/mol. The normalized spacial score (nSPS) is 17.2. The van der Waals surface area contributed by atoms with Crippen molar-refractivity contribution in [1.29, 1.82) is 5.41 Å². The van der Waals surface area contributed by atoms with Crippen molar-refractivity contribution in [1.82, 2.24) is 9.97 Å². The van der Waals surface area contributed by atoms with Gasteiger partial charge in [-0.2, -0.15) is 0 Å². The molecule has 0 aliphatic heterocycles. The van der Waals surface area contributed by atoms with Gasteiger partial charge < -0.3 is 10.4 Å². The highest BCUT2D eigenvalue weighted by molar-refractivity contribution is 5.98. The third-order valence-corrected chi connectivity index (χ3v) is 3.29. The minimum Gasteiger partial charge on any atom is -0.342 e. The summed E-state index contributed by atoms with van der Waals surface area (Å²) in [4.78, 5) is 6.93. The summed E-state index contributed by atoms with van der Waals surface area (Å²) in [5, 5.41) is 7.15. The van der Waals surface area contributed by atoms with Gasteiger partial charge in [-0.15, -0.1) is 0 Å². The van der Waals surface area contributed by atoms with Gasteiger partial charge >= 0.3 is 0 Å². The van der Waals surface area contributed by atoms with Crippen molar-refractivity contribution in [2.75, 3.05) is 0 Å². The van der Waals surface area contributed by atoms with Gasteiger partial charge in [0.25, 0.3) is 0 Å². The lowest BCUT2D eigenvalue weighted by atomic mass is 10.2. The van der Waals surface area contributed by atoms with Crippen molar-refractivity contribution in [2.24, 2.45) is 5.92 Å². The number of unbranched alkanes of at least 4 members (excludes halogenated alkanes) is 1. The van der Waals surface area contributed by atoms with Crippen LogP contribution in [0.4, 0.5) is 4.39 Å². The van der Waals surface area contributed by atoms with Gasteiger partial charge in [-0.25, -0.2) is 9.37 Å². The zero-order chi connectivity index (χ0) is 13.8. The van der Waals surface area contributed by atoms with Crippen LogP contribution in [-0.2, 0) is 0 Å². The highest BCUT2D eigenvalue weighted by atomic mass is 19.1. The Balaban J connectivity index is 0.000000148. The molecule has 4 heteroatoms. The van der Waals surface area contributed by atoms with E-state index in [1.165, 1.54) is 25.3 Å². The molecule has 0 unspecified atom stereocenters. The zero-order valence-corrected chi connectivity index (χ0v) is 11.5. The Kier molecular flexibility index (Phi) is 4.30. The van der Waals surface area contributed by atoms with Crippen LogP contribution in [0.2, 0.25) is 0 Å². The third kappa shape index (κ3) is 3.63. The van der Waals surface area contributed by atoms with Crippen LogP contribution in [0.3, 0.4) is 0 Å². The van der Waals surface area contributed by atoms with Crippen molar-refractivity contribution in [3.8, 4) is 0 Å². The number of nitrogens with one attached hydrogen (secondary N) is 2. The number of rotatable bonds is 3. The van der Waals surface area contributed by atoms with Gasteiger partial charge in [0, 0.05) is 11.6 Å². The smallest absolute Gasteiger partial charge is 0.151 e. The highest BCUT2D eigenvalue weighted by Gasteiger charge is 2.28. The van der Waals surface area contributed by atoms with E-state index in [4.69, 9.17) is 5.41 Å². The van der Waals surface area contributed by atoms with Crippen molar-refractivity contribution in [3.63, 3.8) is 0 Å². The largest absolute Gasteiger partial charge is 0.342 e. The first-order valence-corrected chi connectivity index (χ1v) is 6.80. The molecule has 0 radical (unpaired) electrons. The lowest BCUT2D eigenvalue weighted by Gasteiger charge is -1.88. The van der Waals surface area contributed by atoms with Crippen LogP contribution in [-0.4, -0.2) is 15.7 Å². The summed E-state index contributed by atoms with van der Waals surface area (Å²) < 4.78 is 12.9. The van der Waals surface area contributed by atoms with E-state index in [0.717, 1.165) is 23.5 Å². The predicted molar refractivity (Wildman–Crippen MR) is 76.1 cm³/mol. The summed E-state index contributed by atoms with van der Waals surface area (Å²) >= 11 is 0. The monoisotopic (exact) mass is 261 g/mol. The molecule has 0 bridgehead atoms. The molecule has 1 aromatic heterocycles. The van der Waals surface area contributed by atoms with E-state index in [-0.39, 0.29) is 5.82 Å². The second-order valence-electron chi connectivity index (χ2n) is 5.03. The van der Waals surface area contributed by atoms with Gasteiger partial charge in [0.2, 0.25) is 0 Å². The first-order valence-electron chi connectivity index (χ1n) is 6.80. The van der Waals surface area contributed by atoms with Gasteiger partial charge in [0.05, 0.1) is 5.52 Å². The first kappa shape index (κ1) is 13.7. The lowest BCUT2D eigenvalue weighted by molar-refractivity contribution is 0.637. The van der Waals surface area contributed by atoms with E-state index < -0.39 is 0 Å². The van der Waals surface area contributed by atoms with Crippen molar-refractivity contribution >= 4 is 16.7 Å². The van der Waals surface area contributed by atoms with Crippen LogP contribution in [0.15, 0.2) is 18.2 Å². The summed E-state index contributed by atoms with van der Waals surface area (Å²) in [6.07, 6.45) is 4.96. The number of hydrogen-bond acceptors (Lipinski definition) is 2. The van der Waals surface area contributed by atoms with Gasteiger partial charge in [-0.05, 0) is 31.9 Å². The van der Waals surface area contributed by atoms with Crippen LogP contribution in [0.5, 0.6) is 0 Å². The molecule has 1 atom stereocenters. The molecule has 1 heterocycles. The number of imidazole rings is 1. The lowest BCUT2D eigenvalue weighted by Crippen LogP contribution is -1.77. The molecule has 3 nitrogen and oxygen atoms in total. The van der Waals surface area contributed by atoms with E-state index >= 15 is 0 Å². The molecule has 2 aromatic rings. The Labute approximate surface area is 112 Å². The Morgan fingerprint density at radius 3 is 2.79 bits per heavy atom. The van der Waals surface area contributed by atoms with Crippen LogP contribution < -0.4 is 0 Å². The van der Waals surface area contributed by atoms with E-state index in [9.17, 15) is 4.39 Å². The number of fused-ring (bicyclic) bond motifs is 1. The topological polar surface area (TPSA) is 52.5 Å². The second-order valence-corrected chi connectivity index (χ2v) is 5.03. The molecular weight excluding hydrogens is 241 g/mol. The summed E-state index contributed by atoms with van der Waals surface area (Å²) in [6, 6.07) is 4.87. The molecule has 19 heavy (non-hydrogen) atoms. The Morgan fingerprint density at radius 1 is 1.47 bits per heavy atom. The molecule has 1 aliphatic carbocycles. The fraction of sp³-hybridized carbons (Fsp3) is 0.467. The number of H-pyrrole nitrogens is 1. The van der Waals surface area contributed by atoms with E-state index in [2.05, 4.69) is 16.9 Å². The van der Waals surface area contributed by atoms with Crippen LogP contribution in [0, 0.1) is 24.1 Å². The number of aromatic nitrogens is 2. The molecule has 1 saturated carbocycles. The number of benzene rings is 1. The molecule has 1 aliphatic rings. The summed E-state index contributed by atoms with van der Waals surface area (Å²) in [5.74, 6) is 1.17. The minimum absolute atomic E-state index is 0.271. The number of para-hydroxylation sites is 1. The Bertz CT molecular complexity index is 574. The fourth-order valence-electron chi connectivity index (χ4n) is 2.05. The number of hydrogen-bond donors (Lipinski definition) is 2. The average Bonchev–Trinajstić information content (AvgIpc) is 2.93. The number of aromatic amines is 1. The van der Waals surface area contributed by atoms with E-state index in [1.807, 2.05) is 0 Å². The maximum Gasteiger partial charge on any atom is 0.151 e. The quantitative estimate of drug-likeness (QED) is 0.853. The summed E-state index contributed by atoms with van der Waals surface area (Å²) in [6.45, 7) is 4.01. The van der Waals surface area contributed by atoms with Gasteiger partial charge in [0.15, 0.2) is 5.82 Å². The van der Waals surface area contributed by atoms with Crippen molar-refractivity contribution in [2.45, 2.75) is 39.5 Å². The number of halogens is 1. The van der Waals surface area contributed by atoms with Gasteiger partial charge in [0.1, 0.15) is 11.3 Å². The second kappa shape index (κ2) is 5.95. The Morgan fingerprint density at radius 2 is 2.21 bits per heavy atom. The minimum atomic E-state index is -0.271. The molecule has 3 rings (SSSR count). The van der Waals surface area contributed by atoms with Gasteiger partial charge in [-0.3, -0.25) is 0 Å². The van der Waals surface area contributed by atoms with Gasteiger partial charge in [-0.1, -0.05) is 25.8 Å². The molecule has 1 fully saturated rings. The van der Waals surface area contributed by atoms with Crippen molar-refractivity contribution < 1.29 is 4.39 Å². The third-order valence-electron chi connectivity index (χ3n) is 3.29. The number of aryl methyl sites for hydroxylation is 1. The molecule has 0 spiro atoms. The summed E-state index contributed by atoms with van der Waals surface area (Å²) in [7, 11) is 0. The van der Waals surface area contributed by atoms with E-state index in [1.54, 1.807) is 19.1 Å². The zero-order valence-electron chi connectivity index (χ0n) is 11.5. The first-order chi connectivity index (χ1) is 9.11. The summed E-state index contributed by atoms with van der Waals surface area (Å²) in [5.41, 5.74) is 2.16. The molecular formula is C15H20FN3. The fourth-order valence-corrected chi connectivity index (χ4v) is 2.05. The standard InChI is InChI=1S/C8H7FN2.C7H13N/c1-5-10-7-4-2-3-6(9)8(7)11-5;1-2-3-4-6-5-7(6)8/h2-4H,1H3,(H,10,11);6,8H,2-5H2,1H3/t;6-/m.1/s1. The predicted octanol–water partition coefficient (Wildman–Crippen LogP) is 4.23. The highest BCUT2D eigenvalue weighted by Crippen LogP contribution is 2.29. The van der Waals surface area contributed by atoms with E-state index in [0.29, 0.717) is 11.4 Å². The van der Waals surface area contributed by atoms with Crippen LogP contribution in [0.25, 0.3) is 11.0 Å². The maximum absolute atomic E-state index is 12.9. The molecule has 0 saturated heterocycles. The molecule has 1 aromatic carbocycles. The Hall–Kier alpha value is -1.71. The molecule has 0 amide bonds. The van der Waals surface area contributed by atoms with Crippen LogP contribution in [0.1, 0.15) is 38.4 Å². The van der Waals surface area contributed by atoms with Crippen LogP contribution >= 0.6 is 0 Å². The molecule has 2 N–H and O–H groups in total. The van der Waals surface area contributed by atoms with Crippen molar-refractivity contribution in [3.05, 3.63) is 29.8 Å². The number of nitrogens with zero attached hydrogens (tertiary/aromatic N) is 1. The maximum atomic E-state index is 12.9. The SMILES string of the molecule is CCCC[C@@H]1CC1=N.Cc1nc2c(F)cccc2[nH]1. The molecule has 102 valence electrons.